The van der Waals surface area contributed by atoms with Gasteiger partial charge in [0.1, 0.15) is 6.10 Å². The van der Waals surface area contributed by atoms with Gasteiger partial charge in [-0.1, -0.05) is 18.2 Å². The first-order valence-corrected chi connectivity index (χ1v) is 6.11. The Morgan fingerprint density at radius 2 is 2.25 bits per heavy atom. The topological polar surface area (TPSA) is 26.3 Å². The first kappa shape index (κ1) is 10.1. The van der Waals surface area contributed by atoms with E-state index in [0.717, 1.165) is 5.57 Å². The molecule has 0 spiro atoms. The summed E-state index contributed by atoms with van der Waals surface area (Å²) in [6, 6.07) is 0. The summed E-state index contributed by atoms with van der Waals surface area (Å²) in [5.74, 6) is 2.32. The molecule has 0 unspecified atom stereocenters. The third-order valence-electron chi connectivity index (χ3n) is 4.59. The van der Waals surface area contributed by atoms with Crippen molar-refractivity contribution in [3.63, 3.8) is 0 Å². The summed E-state index contributed by atoms with van der Waals surface area (Å²) in [5, 5.41) is 0. The van der Waals surface area contributed by atoms with Crippen molar-refractivity contribution in [2.45, 2.75) is 32.8 Å². The predicted octanol–water partition coefficient (Wildman–Crippen LogP) is 2.71. The standard InChI is InChI=1S/C14H18O2/c1-7-4-11-10-6-13(12(11)5-7)14(8(10)2)16-9(3)15/h4,10-14H,2,5-6H2,1,3H3/t10-,11+,12+,13-,14+/m1/s1. The molecule has 0 amide bonds. The Morgan fingerprint density at radius 1 is 1.50 bits per heavy atom. The van der Waals surface area contributed by atoms with Crippen molar-refractivity contribution >= 4 is 5.97 Å². The van der Waals surface area contributed by atoms with E-state index in [1.54, 1.807) is 0 Å². The zero-order valence-corrected chi connectivity index (χ0v) is 9.90. The van der Waals surface area contributed by atoms with Gasteiger partial charge in [0.15, 0.2) is 0 Å². The fraction of sp³-hybridized carbons (Fsp3) is 0.643. The Balaban J connectivity index is 1.85. The smallest absolute Gasteiger partial charge is 0.303 e. The first-order chi connectivity index (χ1) is 7.58. The number of esters is 1. The molecule has 2 heteroatoms. The van der Waals surface area contributed by atoms with E-state index in [9.17, 15) is 4.79 Å². The Morgan fingerprint density at radius 3 is 2.94 bits per heavy atom. The lowest BCUT2D eigenvalue weighted by Crippen LogP contribution is -2.33. The van der Waals surface area contributed by atoms with Crippen LogP contribution >= 0.6 is 0 Å². The molecule has 0 saturated heterocycles. The molecule has 16 heavy (non-hydrogen) atoms. The maximum Gasteiger partial charge on any atom is 0.303 e. The Hall–Kier alpha value is -1.05. The van der Waals surface area contributed by atoms with E-state index >= 15 is 0 Å². The summed E-state index contributed by atoms with van der Waals surface area (Å²) in [5.41, 5.74) is 2.66. The summed E-state index contributed by atoms with van der Waals surface area (Å²) in [7, 11) is 0. The monoisotopic (exact) mass is 218 g/mol. The van der Waals surface area contributed by atoms with Crippen molar-refractivity contribution in [2.24, 2.45) is 23.7 Å². The van der Waals surface area contributed by atoms with Gasteiger partial charge in [-0.05, 0) is 43.1 Å². The normalized spacial score (nSPS) is 44.5. The van der Waals surface area contributed by atoms with Gasteiger partial charge in [0.25, 0.3) is 0 Å². The average molecular weight is 218 g/mol. The maximum absolute atomic E-state index is 11.1. The zero-order chi connectivity index (χ0) is 11.4. The van der Waals surface area contributed by atoms with Crippen LogP contribution in [0, 0.1) is 23.7 Å². The SMILES string of the molecule is C=C1[C@H]2C[C@H]([C@H]3CC(C)=C[C@H]32)[C@H]1OC(C)=O. The van der Waals surface area contributed by atoms with Crippen LogP contribution in [0.3, 0.4) is 0 Å². The van der Waals surface area contributed by atoms with Gasteiger partial charge in [0.2, 0.25) is 0 Å². The highest BCUT2D eigenvalue weighted by Crippen LogP contribution is 2.60. The van der Waals surface area contributed by atoms with Crippen LogP contribution in [0.25, 0.3) is 0 Å². The average Bonchev–Trinajstić information content (AvgIpc) is 2.77. The van der Waals surface area contributed by atoms with E-state index in [-0.39, 0.29) is 12.1 Å². The van der Waals surface area contributed by atoms with Crippen LogP contribution in [0.1, 0.15) is 26.7 Å². The van der Waals surface area contributed by atoms with Crippen LogP contribution in [0.2, 0.25) is 0 Å². The van der Waals surface area contributed by atoms with E-state index in [4.69, 9.17) is 4.74 Å². The van der Waals surface area contributed by atoms with Crippen molar-refractivity contribution in [2.75, 3.05) is 0 Å². The first-order valence-electron chi connectivity index (χ1n) is 6.11. The minimum absolute atomic E-state index is 0.00282. The number of ether oxygens (including phenoxy) is 1. The number of hydrogen-bond donors (Lipinski definition) is 0. The molecule has 86 valence electrons. The molecule has 3 aliphatic rings. The van der Waals surface area contributed by atoms with Crippen LogP contribution in [0.4, 0.5) is 0 Å². The predicted molar refractivity (Wildman–Crippen MR) is 61.6 cm³/mol. The third kappa shape index (κ3) is 1.22. The maximum atomic E-state index is 11.1. The third-order valence-corrected chi connectivity index (χ3v) is 4.59. The fourth-order valence-electron chi connectivity index (χ4n) is 4.08. The Bertz CT molecular complexity index is 394. The van der Waals surface area contributed by atoms with Crippen LogP contribution in [0.5, 0.6) is 0 Å². The quantitative estimate of drug-likeness (QED) is 0.499. The molecule has 3 rings (SSSR count). The van der Waals surface area contributed by atoms with Crippen molar-refractivity contribution in [1.29, 1.82) is 0 Å². The lowest BCUT2D eigenvalue weighted by Gasteiger charge is -2.32. The number of allylic oxidation sites excluding steroid dienone is 2. The summed E-state index contributed by atoms with van der Waals surface area (Å²) in [6.45, 7) is 7.85. The minimum atomic E-state index is -0.169. The van der Waals surface area contributed by atoms with E-state index in [1.165, 1.54) is 25.3 Å². The van der Waals surface area contributed by atoms with Gasteiger partial charge in [-0.2, -0.15) is 0 Å². The molecule has 2 saturated carbocycles. The van der Waals surface area contributed by atoms with Crippen LogP contribution < -0.4 is 0 Å². The largest absolute Gasteiger partial charge is 0.458 e. The van der Waals surface area contributed by atoms with E-state index in [2.05, 4.69) is 19.6 Å². The molecule has 0 aromatic rings. The lowest BCUT2D eigenvalue weighted by atomic mass is 9.77. The summed E-state index contributed by atoms with van der Waals surface area (Å²) < 4.78 is 5.44. The highest BCUT2D eigenvalue weighted by atomic mass is 16.5. The molecule has 0 aromatic carbocycles. The van der Waals surface area contributed by atoms with Gasteiger partial charge >= 0.3 is 5.97 Å². The van der Waals surface area contributed by atoms with Gasteiger partial charge < -0.3 is 4.74 Å². The molecular formula is C14H18O2. The fourth-order valence-corrected chi connectivity index (χ4v) is 4.08. The van der Waals surface area contributed by atoms with Gasteiger partial charge in [-0.15, -0.1) is 0 Å². The van der Waals surface area contributed by atoms with Gasteiger partial charge in [-0.3, -0.25) is 4.79 Å². The van der Waals surface area contributed by atoms with Gasteiger partial charge in [-0.25, -0.2) is 0 Å². The number of carbonyl (C=O) groups excluding carboxylic acids is 1. The summed E-state index contributed by atoms with van der Waals surface area (Å²) >= 11 is 0. The Labute approximate surface area is 96.4 Å². The highest BCUT2D eigenvalue weighted by Gasteiger charge is 2.56. The molecule has 2 nitrogen and oxygen atoms in total. The van der Waals surface area contributed by atoms with Gasteiger partial charge in [0, 0.05) is 12.8 Å². The number of carbonyl (C=O) groups is 1. The van der Waals surface area contributed by atoms with E-state index < -0.39 is 0 Å². The van der Waals surface area contributed by atoms with Crippen LogP contribution in [-0.4, -0.2) is 12.1 Å². The molecule has 0 aromatic heterocycles. The van der Waals surface area contributed by atoms with Crippen molar-refractivity contribution in [1.82, 2.24) is 0 Å². The van der Waals surface area contributed by atoms with Gasteiger partial charge in [0.05, 0.1) is 0 Å². The molecule has 2 fully saturated rings. The highest BCUT2D eigenvalue weighted by molar-refractivity contribution is 5.66. The molecule has 0 heterocycles. The van der Waals surface area contributed by atoms with E-state index in [1.807, 2.05) is 0 Å². The molecular weight excluding hydrogens is 200 g/mol. The summed E-state index contributed by atoms with van der Waals surface area (Å²) in [4.78, 5) is 11.1. The second kappa shape index (κ2) is 3.22. The van der Waals surface area contributed by atoms with Crippen LogP contribution in [-0.2, 0) is 9.53 Å². The Kier molecular flexibility index (Phi) is 2.04. The number of rotatable bonds is 1. The molecule has 3 aliphatic carbocycles. The zero-order valence-electron chi connectivity index (χ0n) is 9.90. The molecule has 0 N–H and O–H groups in total. The molecule has 2 bridgehead atoms. The van der Waals surface area contributed by atoms with Crippen LogP contribution in [0.15, 0.2) is 23.8 Å². The molecule has 0 radical (unpaired) electrons. The van der Waals surface area contributed by atoms with Crippen molar-refractivity contribution < 1.29 is 9.53 Å². The second-order valence-electron chi connectivity index (χ2n) is 5.57. The second-order valence-corrected chi connectivity index (χ2v) is 5.57. The number of hydrogen-bond acceptors (Lipinski definition) is 2. The minimum Gasteiger partial charge on any atom is -0.458 e. The van der Waals surface area contributed by atoms with Crippen molar-refractivity contribution in [3.05, 3.63) is 23.8 Å². The molecule has 0 aliphatic heterocycles. The number of fused-ring (bicyclic) bond motifs is 5. The lowest BCUT2D eigenvalue weighted by molar-refractivity contribution is -0.147. The van der Waals surface area contributed by atoms with Crippen molar-refractivity contribution in [3.8, 4) is 0 Å². The summed E-state index contributed by atoms with van der Waals surface area (Å²) in [6.07, 6.45) is 4.79. The van der Waals surface area contributed by atoms with E-state index in [0.29, 0.717) is 23.7 Å². The molecule has 5 atom stereocenters.